The van der Waals surface area contributed by atoms with Gasteiger partial charge in [0.2, 0.25) is 0 Å². The number of benzene rings is 1. The van der Waals surface area contributed by atoms with E-state index in [4.69, 9.17) is 0 Å². The van der Waals surface area contributed by atoms with E-state index in [0.717, 1.165) is 11.5 Å². The van der Waals surface area contributed by atoms with Crippen LogP contribution in [0, 0.1) is 12.3 Å². The van der Waals surface area contributed by atoms with Crippen molar-refractivity contribution in [3.8, 4) is 5.69 Å². The summed E-state index contributed by atoms with van der Waals surface area (Å²) in [6.07, 6.45) is 1.52. The summed E-state index contributed by atoms with van der Waals surface area (Å²) in [5.41, 5.74) is 0.174. The monoisotopic (exact) mass is 287 g/mol. The molecule has 0 amide bonds. The maximum atomic E-state index is 11.7. The lowest BCUT2D eigenvalue weighted by molar-refractivity contribution is -0.149. The van der Waals surface area contributed by atoms with E-state index in [2.05, 4.69) is 10.2 Å². The van der Waals surface area contributed by atoms with E-state index in [0.29, 0.717) is 25.1 Å². The summed E-state index contributed by atoms with van der Waals surface area (Å²) in [6, 6.07) is 9.79. The molecule has 0 spiro atoms. The average Bonchev–Trinajstić information content (AvgIpc) is 2.86. The van der Waals surface area contributed by atoms with Crippen LogP contribution in [0.2, 0.25) is 0 Å². The SMILES string of the molecule is CCC(CC)(Cc1nnc(C)n1-c1ccccc1)C(=O)O. The third-order valence-electron chi connectivity index (χ3n) is 4.21. The van der Waals surface area contributed by atoms with E-state index < -0.39 is 11.4 Å². The quantitative estimate of drug-likeness (QED) is 0.886. The van der Waals surface area contributed by atoms with Crippen molar-refractivity contribution in [2.24, 2.45) is 5.41 Å². The number of hydrogen-bond acceptors (Lipinski definition) is 3. The first kappa shape index (κ1) is 15.2. The molecular weight excluding hydrogens is 266 g/mol. The minimum atomic E-state index is -0.786. The maximum absolute atomic E-state index is 11.7. The van der Waals surface area contributed by atoms with E-state index in [-0.39, 0.29) is 0 Å². The van der Waals surface area contributed by atoms with E-state index in [1.165, 1.54) is 0 Å². The number of aliphatic carboxylic acids is 1. The molecule has 0 aliphatic heterocycles. The molecule has 21 heavy (non-hydrogen) atoms. The zero-order valence-electron chi connectivity index (χ0n) is 12.7. The highest BCUT2D eigenvalue weighted by molar-refractivity contribution is 5.74. The van der Waals surface area contributed by atoms with Crippen molar-refractivity contribution in [3.05, 3.63) is 42.0 Å². The van der Waals surface area contributed by atoms with Crippen LogP contribution in [0.3, 0.4) is 0 Å². The van der Waals surface area contributed by atoms with E-state index >= 15 is 0 Å². The lowest BCUT2D eigenvalue weighted by atomic mass is 9.79. The lowest BCUT2D eigenvalue weighted by Crippen LogP contribution is -2.33. The Morgan fingerprint density at radius 3 is 2.33 bits per heavy atom. The summed E-state index contributed by atoms with van der Waals surface area (Å²) < 4.78 is 1.93. The summed E-state index contributed by atoms with van der Waals surface area (Å²) in [5.74, 6) is 0.695. The molecule has 1 heterocycles. The molecule has 0 bridgehead atoms. The molecule has 1 N–H and O–H groups in total. The minimum absolute atomic E-state index is 0.380. The van der Waals surface area contributed by atoms with Crippen LogP contribution in [-0.2, 0) is 11.2 Å². The Kier molecular flexibility index (Phi) is 4.40. The van der Waals surface area contributed by atoms with Crippen LogP contribution in [0.1, 0.15) is 38.3 Å². The molecule has 112 valence electrons. The van der Waals surface area contributed by atoms with Crippen molar-refractivity contribution < 1.29 is 9.90 Å². The van der Waals surface area contributed by atoms with Crippen molar-refractivity contribution >= 4 is 5.97 Å². The molecular formula is C16H21N3O2. The van der Waals surface area contributed by atoms with Crippen molar-refractivity contribution in [1.29, 1.82) is 0 Å². The summed E-state index contributed by atoms with van der Waals surface area (Å²) in [4.78, 5) is 11.7. The molecule has 5 heteroatoms. The van der Waals surface area contributed by atoms with Crippen LogP contribution in [0.4, 0.5) is 0 Å². The molecule has 2 aromatic rings. The van der Waals surface area contributed by atoms with Gasteiger partial charge in [0, 0.05) is 12.1 Å². The van der Waals surface area contributed by atoms with Gasteiger partial charge in [0.25, 0.3) is 0 Å². The zero-order valence-corrected chi connectivity index (χ0v) is 12.7. The van der Waals surface area contributed by atoms with Gasteiger partial charge in [0.15, 0.2) is 0 Å². The second-order valence-corrected chi connectivity index (χ2v) is 5.30. The van der Waals surface area contributed by atoms with Gasteiger partial charge >= 0.3 is 5.97 Å². The second-order valence-electron chi connectivity index (χ2n) is 5.30. The molecule has 0 aliphatic carbocycles. The van der Waals surface area contributed by atoms with Crippen molar-refractivity contribution in [2.45, 2.75) is 40.0 Å². The normalized spacial score (nSPS) is 11.6. The number of nitrogens with zero attached hydrogens (tertiary/aromatic N) is 3. The van der Waals surface area contributed by atoms with Gasteiger partial charge in [-0.15, -0.1) is 10.2 Å². The lowest BCUT2D eigenvalue weighted by Gasteiger charge is -2.26. The standard InChI is InChI=1S/C16H21N3O2/c1-4-16(5-2,15(20)21)11-14-18-17-12(3)19(14)13-9-7-6-8-10-13/h6-10H,4-5,11H2,1-3H3,(H,20,21). The summed E-state index contributed by atoms with van der Waals surface area (Å²) >= 11 is 0. The first-order valence-corrected chi connectivity index (χ1v) is 7.23. The van der Waals surface area contributed by atoms with Gasteiger partial charge in [-0.3, -0.25) is 9.36 Å². The van der Waals surface area contributed by atoms with Crippen LogP contribution < -0.4 is 0 Å². The number of aryl methyl sites for hydroxylation is 1. The van der Waals surface area contributed by atoms with Gasteiger partial charge in [-0.05, 0) is 31.9 Å². The van der Waals surface area contributed by atoms with Crippen molar-refractivity contribution in [2.75, 3.05) is 0 Å². The van der Waals surface area contributed by atoms with E-state index in [1.807, 2.05) is 55.7 Å². The third kappa shape index (κ3) is 2.82. The highest BCUT2D eigenvalue weighted by Gasteiger charge is 2.37. The van der Waals surface area contributed by atoms with Crippen LogP contribution in [0.5, 0.6) is 0 Å². The third-order valence-corrected chi connectivity index (χ3v) is 4.21. The predicted octanol–water partition coefficient (Wildman–Crippen LogP) is 3.01. The Hall–Kier alpha value is -2.17. The number of carboxylic acid groups (broad SMARTS) is 1. The highest BCUT2D eigenvalue weighted by Crippen LogP contribution is 2.31. The molecule has 0 atom stereocenters. The molecule has 1 aromatic heterocycles. The summed E-state index contributed by atoms with van der Waals surface area (Å²) in [6.45, 7) is 5.70. The van der Waals surface area contributed by atoms with Crippen LogP contribution >= 0.6 is 0 Å². The van der Waals surface area contributed by atoms with E-state index in [1.54, 1.807) is 0 Å². The Balaban J connectivity index is 2.45. The Morgan fingerprint density at radius 2 is 1.81 bits per heavy atom. The largest absolute Gasteiger partial charge is 0.481 e. The zero-order chi connectivity index (χ0) is 15.5. The molecule has 0 unspecified atom stereocenters. The van der Waals surface area contributed by atoms with Gasteiger partial charge < -0.3 is 5.11 Å². The fourth-order valence-corrected chi connectivity index (χ4v) is 2.61. The Labute approximate surface area is 124 Å². The molecule has 0 saturated heterocycles. The van der Waals surface area contributed by atoms with Gasteiger partial charge in [-0.2, -0.15) is 0 Å². The van der Waals surface area contributed by atoms with Gasteiger partial charge in [-0.25, -0.2) is 0 Å². The van der Waals surface area contributed by atoms with Crippen LogP contribution in [-0.4, -0.2) is 25.8 Å². The molecule has 0 aliphatic rings. The van der Waals surface area contributed by atoms with Crippen molar-refractivity contribution in [3.63, 3.8) is 0 Å². The number of hydrogen-bond donors (Lipinski definition) is 1. The molecule has 5 nitrogen and oxygen atoms in total. The Morgan fingerprint density at radius 1 is 1.19 bits per heavy atom. The van der Waals surface area contributed by atoms with Crippen molar-refractivity contribution in [1.82, 2.24) is 14.8 Å². The summed E-state index contributed by atoms with van der Waals surface area (Å²) in [7, 11) is 0. The van der Waals surface area contributed by atoms with Gasteiger partial charge in [-0.1, -0.05) is 32.0 Å². The fraction of sp³-hybridized carbons (Fsp3) is 0.438. The van der Waals surface area contributed by atoms with Gasteiger partial charge in [0.1, 0.15) is 11.6 Å². The molecule has 0 fully saturated rings. The van der Waals surface area contributed by atoms with E-state index in [9.17, 15) is 9.90 Å². The topological polar surface area (TPSA) is 68.0 Å². The maximum Gasteiger partial charge on any atom is 0.310 e. The number of aromatic nitrogens is 3. The van der Waals surface area contributed by atoms with Crippen LogP contribution in [0.15, 0.2) is 30.3 Å². The summed E-state index contributed by atoms with van der Waals surface area (Å²) in [5, 5.41) is 17.9. The first-order valence-electron chi connectivity index (χ1n) is 7.23. The number of rotatable bonds is 6. The molecule has 1 aromatic carbocycles. The molecule has 0 radical (unpaired) electrons. The first-order chi connectivity index (χ1) is 10.0. The van der Waals surface area contributed by atoms with Gasteiger partial charge in [0.05, 0.1) is 5.41 Å². The number of carboxylic acids is 1. The van der Waals surface area contributed by atoms with Crippen LogP contribution in [0.25, 0.3) is 5.69 Å². The smallest absolute Gasteiger partial charge is 0.310 e. The molecule has 0 saturated carbocycles. The highest BCUT2D eigenvalue weighted by atomic mass is 16.4. The number of carbonyl (C=O) groups is 1. The fourth-order valence-electron chi connectivity index (χ4n) is 2.61. The minimum Gasteiger partial charge on any atom is -0.481 e. The Bertz CT molecular complexity index is 616. The molecule has 2 rings (SSSR count). The predicted molar refractivity (Wildman–Crippen MR) is 80.5 cm³/mol. The second kappa shape index (κ2) is 6.08. The average molecular weight is 287 g/mol. The number of para-hydroxylation sites is 1.